The summed E-state index contributed by atoms with van der Waals surface area (Å²) in [7, 11) is 0. The molecule has 0 aromatic rings. The molecule has 1 aliphatic carbocycles. The van der Waals surface area contributed by atoms with E-state index in [1.807, 2.05) is 6.92 Å². The molecule has 0 N–H and O–H groups in total. The smallest absolute Gasteiger partial charge is 0.170 e. The molecule has 0 aromatic carbocycles. The van der Waals surface area contributed by atoms with Crippen molar-refractivity contribution in [2.24, 2.45) is 0 Å². The van der Waals surface area contributed by atoms with Gasteiger partial charge in [-0.3, -0.25) is 0 Å². The molecule has 72 valence electrons. The standard InChI is InChI=1S/C11H16O2/c1-2-6-10-9-12-11(13-10)7-4-3-5-8-11/h10H,3-5,7-9H2,1H3/t10-/m0/s1. The van der Waals surface area contributed by atoms with E-state index in [1.54, 1.807) is 0 Å². The summed E-state index contributed by atoms with van der Waals surface area (Å²) in [6, 6.07) is 0. The monoisotopic (exact) mass is 180 g/mol. The van der Waals surface area contributed by atoms with Crippen LogP contribution in [-0.4, -0.2) is 18.5 Å². The fourth-order valence-electron chi connectivity index (χ4n) is 2.14. The van der Waals surface area contributed by atoms with Gasteiger partial charge in [-0.05, 0) is 19.8 Å². The Morgan fingerprint density at radius 2 is 2.00 bits per heavy atom. The molecular weight excluding hydrogens is 164 g/mol. The highest BCUT2D eigenvalue weighted by Gasteiger charge is 2.41. The first-order chi connectivity index (χ1) is 6.35. The lowest BCUT2D eigenvalue weighted by atomic mass is 9.94. The van der Waals surface area contributed by atoms with Crippen LogP contribution in [0.5, 0.6) is 0 Å². The third-order valence-corrected chi connectivity index (χ3v) is 2.78. The third kappa shape index (κ3) is 1.87. The number of hydrogen-bond acceptors (Lipinski definition) is 2. The summed E-state index contributed by atoms with van der Waals surface area (Å²) >= 11 is 0. The van der Waals surface area contributed by atoms with Gasteiger partial charge in [0.15, 0.2) is 5.79 Å². The third-order valence-electron chi connectivity index (χ3n) is 2.78. The van der Waals surface area contributed by atoms with Crippen LogP contribution in [0.2, 0.25) is 0 Å². The molecule has 0 aromatic heterocycles. The van der Waals surface area contributed by atoms with Gasteiger partial charge in [-0.25, -0.2) is 0 Å². The van der Waals surface area contributed by atoms with Crippen LogP contribution in [0.1, 0.15) is 39.0 Å². The van der Waals surface area contributed by atoms with Gasteiger partial charge in [0.05, 0.1) is 6.61 Å². The van der Waals surface area contributed by atoms with E-state index in [1.165, 1.54) is 19.3 Å². The van der Waals surface area contributed by atoms with Gasteiger partial charge in [0.1, 0.15) is 6.10 Å². The van der Waals surface area contributed by atoms with Crippen LogP contribution in [0.4, 0.5) is 0 Å². The molecule has 1 saturated heterocycles. The topological polar surface area (TPSA) is 18.5 Å². The quantitative estimate of drug-likeness (QED) is 0.531. The Bertz CT molecular complexity index is 230. The Hall–Kier alpha value is -0.520. The van der Waals surface area contributed by atoms with Crippen LogP contribution in [0.15, 0.2) is 0 Å². The number of ether oxygens (including phenoxy) is 2. The predicted molar refractivity (Wildman–Crippen MR) is 50.1 cm³/mol. The number of hydrogen-bond donors (Lipinski definition) is 0. The maximum absolute atomic E-state index is 5.83. The Kier molecular flexibility index (Phi) is 2.57. The van der Waals surface area contributed by atoms with Gasteiger partial charge in [-0.1, -0.05) is 12.3 Å². The van der Waals surface area contributed by atoms with Gasteiger partial charge in [0, 0.05) is 12.8 Å². The minimum Gasteiger partial charge on any atom is -0.346 e. The van der Waals surface area contributed by atoms with E-state index in [0.717, 1.165) is 12.8 Å². The van der Waals surface area contributed by atoms with E-state index in [0.29, 0.717) is 6.61 Å². The van der Waals surface area contributed by atoms with Crippen molar-refractivity contribution in [1.82, 2.24) is 0 Å². The molecule has 0 bridgehead atoms. The Morgan fingerprint density at radius 3 is 2.69 bits per heavy atom. The Balaban J connectivity index is 1.97. The van der Waals surface area contributed by atoms with Crippen molar-refractivity contribution in [2.75, 3.05) is 6.61 Å². The van der Waals surface area contributed by atoms with Crippen LogP contribution in [0, 0.1) is 11.8 Å². The highest BCUT2D eigenvalue weighted by molar-refractivity contribution is 5.05. The molecule has 1 aliphatic heterocycles. The van der Waals surface area contributed by atoms with Crippen LogP contribution >= 0.6 is 0 Å². The maximum Gasteiger partial charge on any atom is 0.170 e. The summed E-state index contributed by atoms with van der Waals surface area (Å²) in [5.41, 5.74) is 0. The lowest BCUT2D eigenvalue weighted by Crippen LogP contribution is -2.33. The zero-order valence-electron chi connectivity index (χ0n) is 8.14. The molecular formula is C11H16O2. The predicted octanol–water partition coefficient (Wildman–Crippen LogP) is 2.09. The van der Waals surface area contributed by atoms with Crippen molar-refractivity contribution in [3.63, 3.8) is 0 Å². The SMILES string of the molecule is CC#C[C@H]1COC2(CCCCC2)O1. The summed E-state index contributed by atoms with van der Waals surface area (Å²) in [4.78, 5) is 0. The minimum absolute atomic E-state index is 0.0168. The molecule has 2 nitrogen and oxygen atoms in total. The molecule has 1 saturated carbocycles. The molecule has 1 atom stereocenters. The van der Waals surface area contributed by atoms with Crippen molar-refractivity contribution in [3.05, 3.63) is 0 Å². The second-order valence-electron chi connectivity index (χ2n) is 3.78. The molecule has 2 fully saturated rings. The lowest BCUT2D eigenvalue weighted by molar-refractivity contribution is -0.182. The summed E-state index contributed by atoms with van der Waals surface area (Å²) in [5, 5.41) is 0. The zero-order valence-corrected chi connectivity index (χ0v) is 8.14. The van der Waals surface area contributed by atoms with Gasteiger partial charge in [-0.15, -0.1) is 5.92 Å². The normalized spacial score (nSPS) is 31.3. The van der Waals surface area contributed by atoms with Gasteiger partial charge >= 0.3 is 0 Å². The van der Waals surface area contributed by atoms with Crippen molar-refractivity contribution in [1.29, 1.82) is 0 Å². The van der Waals surface area contributed by atoms with Gasteiger partial charge in [0.25, 0.3) is 0 Å². The molecule has 1 spiro atoms. The van der Waals surface area contributed by atoms with Crippen molar-refractivity contribution in [3.8, 4) is 11.8 Å². The van der Waals surface area contributed by atoms with E-state index in [-0.39, 0.29) is 11.9 Å². The summed E-state index contributed by atoms with van der Waals surface area (Å²) in [6.07, 6.45) is 5.89. The average Bonchev–Trinajstić information content (AvgIpc) is 2.51. The minimum atomic E-state index is -0.257. The second-order valence-corrected chi connectivity index (χ2v) is 3.78. The van der Waals surface area contributed by atoms with Crippen molar-refractivity contribution in [2.45, 2.75) is 50.9 Å². The van der Waals surface area contributed by atoms with E-state index in [9.17, 15) is 0 Å². The van der Waals surface area contributed by atoms with Crippen molar-refractivity contribution >= 4 is 0 Å². The van der Waals surface area contributed by atoms with E-state index >= 15 is 0 Å². The van der Waals surface area contributed by atoms with Gasteiger partial charge in [0.2, 0.25) is 0 Å². The average molecular weight is 180 g/mol. The molecule has 2 heteroatoms. The fourth-order valence-corrected chi connectivity index (χ4v) is 2.14. The first-order valence-corrected chi connectivity index (χ1v) is 5.09. The van der Waals surface area contributed by atoms with Crippen LogP contribution < -0.4 is 0 Å². The summed E-state index contributed by atoms with van der Waals surface area (Å²) < 4.78 is 11.6. The van der Waals surface area contributed by atoms with Crippen LogP contribution in [0.25, 0.3) is 0 Å². The van der Waals surface area contributed by atoms with Gasteiger partial charge in [-0.2, -0.15) is 0 Å². The molecule has 0 amide bonds. The fraction of sp³-hybridized carbons (Fsp3) is 0.818. The second kappa shape index (κ2) is 3.69. The van der Waals surface area contributed by atoms with E-state index in [2.05, 4.69) is 11.8 Å². The van der Waals surface area contributed by atoms with E-state index < -0.39 is 0 Å². The molecule has 0 unspecified atom stereocenters. The molecule has 13 heavy (non-hydrogen) atoms. The largest absolute Gasteiger partial charge is 0.346 e. The Labute approximate surface area is 79.6 Å². The highest BCUT2D eigenvalue weighted by atomic mass is 16.7. The summed E-state index contributed by atoms with van der Waals surface area (Å²) in [5.74, 6) is 5.64. The summed E-state index contributed by atoms with van der Waals surface area (Å²) in [6.45, 7) is 2.50. The lowest BCUT2D eigenvalue weighted by Gasteiger charge is -2.31. The number of rotatable bonds is 0. The molecule has 2 aliphatic rings. The van der Waals surface area contributed by atoms with Crippen LogP contribution in [-0.2, 0) is 9.47 Å². The van der Waals surface area contributed by atoms with E-state index in [4.69, 9.17) is 9.47 Å². The molecule has 0 radical (unpaired) electrons. The highest BCUT2D eigenvalue weighted by Crippen LogP contribution is 2.37. The first kappa shape index (κ1) is 9.05. The molecule has 1 heterocycles. The maximum atomic E-state index is 5.83. The molecule has 2 rings (SSSR count). The van der Waals surface area contributed by atoms with Gasteiger partial charge < -0.3 is 9.47 Å². The Morgan fingerprint density at radius 1 is 1.23 bits per heavy atom. The first-order valence-electron chi connectivity index (χ1n) is 5.09. The van der Waals surface area contributed by atoms with Crippen LogP contribution in [0.3, 0.4) is 0 Å². The zero-order chi connectivity index (χ0) is 9.15. The van der Waals surface area contributed by atoms with Crippen molar-refractivity contribution < 1.29 is 9.47 Å².